The van der Waals surface area contributed by atoms with Crippen molar-refractivity contribution in [2.24, 2.45) is 0 Å². The van der Waals surface area contributed by atoms with Crippen LogP contribution in [0.25, 0.3) is 5.70 Å². The van der Waals surface area contributed by atoms with E-state index in [0.29, 0.717) is 5.11 Å². The summed E-state index contributed by atoms with van der Waals surface area (Å²) in [7, 11) is 0. The monoisotopic (exact) mass is 350 g/mol. The van der Waals surface area contributed by atoms with Crippen molar-refractivity contribution in [3.05, 3.63) is 62.8 Å². The third-order valence-electron chi connectivity index (χ3n) is 2.88. The first-order valence-corrected chi connectivity index (χ1v) is 7.89. The second-order valence-electron chi connectivity index (χ2n) is 4.19. The fourth-order valence-corrected chi connectivity index (χ4v) is 3.18. The van der Waals surface area contributed by atoms with Crippen LogP contribution in [0.3, 0.4) is 0 Å². The Kier molecular flexibility index (Phi) is 3.68. The lowest BCUT2D eigenvalue weighted by molar-refractivity contribution is 0.766. The molecule has 0 bridgehead atoms. The second-order valence-corrected chi connectivity index (χ2v) is 6.46. The molecule has 3 rings (SSSR count). The molecule has 0 unspecified atom stereocenters. The molecule has 0 fully saturated rings. The summed E-state index contributed by atoms with van der Waals surface area (Å²) in [6, 6.07) is 12.5. The lowest BCUT2D eigenvalue weighted by atomic mass is 10.0. The third kappa shape index (κ3) is 2.88. The summed E-state index contributed by atoms with van der Waals surface area (Å²) in [5.74, 6) is 0. The summed E-state index contributed by atoms with van der Waals surface area (Å²) < 4.78 is 1.08. The van der Waals surface area contributed by atoms with Gasteiger partial charge in [-0.25, -0.2) is 0 Å². The number of thiophene rings is 1. The minimum atomic E-state index is 0.110. The zero-order chi connectivity index (χ0) is 13.2. The number of benzene rings is 1. The Balaban J connectivity index is 1.95. The van der Waals surface area contributed by atoms with E-state index in [1.54, 1.807) is 11.3 Å². The fraction of sp³-hybridized carbons (Fsp3) is 0.0714. The number of rotatable bonds is 2. The quantitative estimate of drug-likeness (QED) is 0.798. The Labute approximate surface area is 129 Å². The van der Waals surface area contributed by atoms with E-state index in [1.807, 2.05) is 18.2 Å². The highest BCUT2D eigenvalue weighted by Crippen LogP contribution is 2.26. The van der Waals surface area contributed by atoms with Gasteiger partial charge in [-0.05, 0) is 47.4 Å². The molecule has 2 nitrogen and oxygen atoms in total. The van der Waals surface area contributed by atoms with Crippen molar-refractivity contribution in [1.29, 1.82) is 0 Å². The molecule has 0 amide bonds. The minimum Gasteiger partial charge on any atom is -0.352 e. The number of hydrogen-bond acceptors (Lipinski definition) is 2. The molecule has 2 N–H and O–H groups in total. The van der Waals surface area contributed by atoms with Crippen LogP contribution in [0.15, 0.2) is 52.3 Å². The molecule has 1 atom stereocenters. The van der Waals surface area contributed by atoms with Crippen LogP contribution < -0.4 is 10.6 Å². The van der Waals surface area contributed by atoms with Crippen LogP contribution in [-0.4, -0.2) is 5.11 Å². The van der Waals surface area contributed by atoms with Crippen molar-refractivity contribution >= 4 is 50.3 Å². The van der Waals surface area contributed by atoms with Gasteiger partial charge in [-0.3, -0.25) is 0 Å². The van der Waals surface area contributed by atoms with Gasteiger partial charge in [-0.1, -0.05) is 34.1 Å². The van der Waals surface area contributed by atoms with Gasteiger partial charge in [0.2, 0.25) is 0 Å². The largest absolute Gasteiger partial charge is 0.352 e. The molecule has 0 saturated carbocycles. The molecule has 1 aromatic heterocycles. The van der Waals surface area contributed by atoms with E-state index in [4.69, 9.17) is 12.2 Å². The van der Waals surface area contributed by atoms with Gasteiger partial charge < -0.3 is 10.6 Å². The normalized spacial score (nSPS) is 18.5. The Morgan fingerprint density at radius 1 is 1.16 bits per heavy atom. The van der Waals surface area contributed by atoms with Gasteiger partial charge in [0.1, 0.15) is 0 Å². The second kappa shape index (κ2) is 5.45. The lowest BCUT2D eigenvalue weighted by Crippen LogP contribution is -2.40. The molecular formula is C14H11BrN2S2. The standard InChI is InChI=1S/C14H11BrN2S2/c15-10-5-3-9(4-6-10)11-8-12(17-14(18)16-11)13-2-1-7-19-13/h1-8,11H,(H2,16,17,18)/t11-/m0/s1. The predicted octanol–water partition coefficient (Wildman–Crippen LogP) is 4.07. The van der Waals surface area contributed by atoms with Crippen LogP contribution >= 0.6 is 39.5 Å². The SMILES string of the molecule is S=C1NC(c2cccs2)=C[C@@H](c2ccc(Br)cc2)N1. The maximum absolute atomic E-state index is 5.29. The highest BCUT2D eigenvalue weighted by molar-refractivity contribution is 9.10. The minimum absolute atomic E-state index is 0.110. The van der Waals surface area contributed by atoms with Crippen molar-refractivity contribution in [2.45, 2.75) is 6.04 Å². The molecule has 1 aliphatic heterocycles. The maximum Gasteiger partial charge on any atom is 0.171 e. The van der Waals surface area contributed by atoms with Crippen molar-refractivity contribution in [3.63, 3.8) is 0 Å². The van der Waals surface area contributed by atoms with E-state index in [1.165, 1.54) is 10.4 Å². The maximum atomic E-state index is 5.29. The van der Waals surface area contributed by atoms with Crippen LogP contribution in [0.2, 0.25) is 0 Å². The summed E-state index contributed by atoms with van der Waals surface area (Å²) in [5.41, 5.74) is 2.27. The molecule has 19 heavy (non-hydrogen) atoms. The number of halogens is 1. The molecule has 1 aliphatic rings. The van der Waals surface area contributed by atoms with Crippen LogP contribution in [0.4, 0.5) is 0 Å². The Morgan fingerprint density at radius 2 is 1.95 bits per heavy atom. The molecule has 0 saturated heterocycles. The number of hydrogen-bond donors (Lipinski definition) is 2. The Bertz CT molecular complexity index is 617. The fourth-order valence-electron chi connectivity index (χ4n) is 1.97. The van der Waals surface area contributed by atoms with Gasteiger partial charge in [-0.2, -0.15) is 0 Å². The molecular weight excluding hydrogens is 340 g/mol. The number of thiocarbonyl (C=S) groups is 1. The van der Waals surface area contributed by atoms with Gasteiger partial charge in [0.15, 0.2) is 5.11 Å². The van der Waals surface area contributed by atoms with Gasteiger partial charge in [0, 0.05) is 4.47 Å². The average molecular weight is 351 g/mol. The molecule has 0 radical (unpaired) electrons. The topological polar surface area (TPSA) is 24.1 Å². The molecule has 96 valence electrons. The van der Waals surface area contributed by atoms with Crippen LogP contribution in [0.5, 0.6) is 0 Å². The van der Waals surface area contributed by atoms with E-state index in [9.17, 15) is 0 Å². The van der Waals surface area contributed by atoms with E-state index < -0.39 is 0 Å². The lowest BCUT2D eigenvalue weighted by Gasteiger charge is -2.25. The van der Waals surface area contributed by atoms with Crippen molar-refractivity contribution in [2.75, 3.05) is 0 Å². The molecule has 2 heterocycles. The molecule has 0 spiro atoms. The molecule has 1 aromatic carbocycles. The van der Waals surface area contributed by atoms with Gasteiger partial charge >= 0.3 is 0 Å². The zero-order valence-electron chi connectivity index (χ0n) is 9.89. The van der Waals surface area contributed by atoms with Crippen LogP contribution in [-0.2, 0) is 0 Å². The van der Waals surface area contributed by atoms with E-state index in [-0.39, 0.29) is 6.04 Å². The van der Waals surface area contributed by atoms with Crippen molar-refractivity contribution in [1.82, 2.24) is 10.6 Å². The van der Waals surface area contributed by atoms with E-state index in [0.717, 1.165) is 10.2 Å². The highest BCUT2D eigenvalue weighted by Gasteiger charge is 2.18. The van der Waals surface area contributed by atoms with Crippen LogP contribution in [0, 0.1) is 0 Å². The Morgan fingerprint density at radius 3 is 2.63 bits per heavy atom. The summed E-state index contributed by atoms with van der Waals surface area (Å²) in [5, 5.41) is 9.22. The first kappa shape index (κ1) is 12.8. The smallest absolute Gasteiger partial charge is 0.171 e. The summed E-state index contributed by atoms with van der Waals surface area (Å²) in [4.78, 5) is 1.20. The predicted molar refractivity (Wildman–Crippen MR) is 88.0 cm³/mol. The average Bonchev–Trinajstić information content (AvgIpc) is 2.93. The van der Waals surface area contributed by atoms with Crippen LogP contribution in [0.1, 0.15) is 16.5 Å². The number of nitrogens with one attached hydrogen (secondary N) is 2. The Hall–Kier alpha value is -1.17. The summed E-state index contributed by atoms with van der Waals surface area (Å²) in [6.45, 7) is 0. The summed E-state index contributed by atoms with van der Waals surface area (Å²) in [6.07, 6.45) is 2.17. The van der Waals surface area contributed by atoms with Crippen molar-refractivity contribution < 1.29 is 0 Å². The third-order valence-corrected chi connectivity index (χ3v) is 4.54. The molecule has 0 aliphatic carbocycles. The van der Waals surface area contributed by atoms with E-state index in [2.05, 4.69) is 56.2 Å². The zero-order valence-corrected chi connectivity index (χ0v) is 13.1. The summed E-state index contributed by atoms with van der Waals surface area (Å²) >= 11 is 10.4. The molecule has 2 aromatic rings. The first-order chi connectivity index (χ1) is 9.22. The van der Waals surface area contributed by atoms with E-state index >= 15 is 0 Å². The highest BCUT2D eigenvalue weighted by atomic mass is 79.9. The van der Waals surface area contributed by atoms with Gasteiger partial charge in [-0.15, -0.1) is 11.3 Å². The van der Waals surface area contributed by atoms with Crippen molar-refractivity contribution in [3.8, 4) is 0 Å². The first-order valence-electron chi connectivity index (χ1n) is 5.81. The van der Waals surface area contributed by atoms with Gasteiger partial charge in [0.05, 0.1) is 16.6 Å². The molecule has 5 heteroatoms. The van der Waals surface area contributed by atoms with Gasteiger partial charge in [0.25, 0.3) is 0 Å².